The molecule has 0 unspecified atom stereocenters. The Kier molecular flexibility index (Phi) is 5.11. The van der Waals surface area contributed by atoms with E-state index in [-0.39, 0.29) is 15.3 Å². The number of hydrogen-bond donors (Lipinski definition) is 1. The van der Waals surface area contributed by atoms with Gasteiger partial charge < -0.3 is 9.52 Å². The van der Waals surface area contributed by atoms with Crippen LogP contribution >= 0.6 is 15.9 Å². The molecule has 0 amide bonds. The van der Waals surface area contributed by atoms with Gasteiger partial charge in [-0.3, -0.25) is 0 Å². The molecule has 1 aromatic heterocycles. The standard InChI is InChI=1S/C13H18BrNO5S/c1-2-3-9-4-6-15(7-5-9)21(18,19)11-8-10(13(16)17)20-12(11)14/h8-9H,2-7H2,1H3,(H,16,17). The van der Waals surface area contributed by atoms with Crippen molar-refractivity contribution in [3.05, 3.63) is 16.5 Å². The average Bonchev–Trinajstić information content (AvgIpc) is 2.83. The lowest BCUT2D eigenvalue weighted by atomic mass is 9.94. The second kappa shape index (κ2) is 6.50. The molecule has 0 atom stereocenters. The molecule has 0 aliphatic carbocycles. The van der Waals surface area contributed by atoms with Crippen LogP contribution in [0, 0.1) is 5.92 Å². The van der Waals surface area contributed by atoms with E-state index in [2.05, 4.69) is 22.9 Å². The van der Waals surface area contributed by atoms with E-state index in [1.54, 1.807) is 0 Å². The Hall–Kier alpha value is -0.860. The van der Waals surface area contributed by atoms with Crippen molar-refractivity contribution >= 4 is 31.9 Å². The molecule has 21 heavy (non-hydrogen) atoms. The molecule has 1 aromatic rings. The Morgan fingerprint density at radius 3 is 2.57 bits per heavy atom. The topological polar surface area (TPSA) is 87.8 Å². The number of halogens is 1. The van der Waals surface area contributed by atoms with E-state index in [1.165, 1.54) is 4.31 Å². The van der Waals surface area contributed by atoms with Crippen LogP contribution in [0.5, 0.6) is 0 Å². The fourth-order valence-corrected chi connectivity index (χ4v) is 4.99. The van der Waals surface area contributed by atoms with Gasteiger partial charge in [0.05, 0.1) is 0 Å². The van der Waals surface area contributed by atoms with Crippen LogP contribution in [0.15, 0.2) is 20.0 Å². The van der Waals surface area contributed by atoms with Crippen LogP contribution in [0.1, 0.15) is 43.2 Å². The van der Waals surface area contributed by atoms with Crippen LogP contribution in [0.3, 0.4) is 0 Å². The highest BCUT2D eigenvalue weighted by Gasteiger charge is 2.33. The molecule has 8 heteroatoms. The summed E-state index contributed by atoms with van der Waals surface area (Å²) in [6, 6.07) is 1.06. The summed E-state index contributed by atoms with van der Waals surface area (Å²) in [6.45, 7) is 3.05. The SMILES string of the molecule is CCCC1CCN(S(=O)(=O)c2cc(C(=O)O)oc2Br)CC1. The monoisotopic (exact) mass is 379 g/mol. The minimum atomic E-state index is -3.71. The highest BCUT2D eigenvalue weighted by Crippen LogP contribution is 2.31. The predicted octanol–water partition coefficient (Wildman–Crippen LogP) is 2.94. The Morgan fingerprint density at radius 2 is 2.10 bits per heavy atom. The highest BCUT2D eigenvalue weighted by molar-refractivity contribution is 9.10. The number of carboxylic acids is 1. The summed E-state index contributed by atoms with van der Waals surface area (Å²) < 4.78 is 31.4. The maximum absolute atomic E-state index is 12.6. The fourth-order valence-electron chi connectivity index (χ4n) is 2.62. The summed E-state index contributed by atoms with van der Waals surface area (Å²) >= 11 is 2.99. The van der Waals surface area contributed by atoms with E-state index in [9.17, 15) is 13.2 Å². The summed E-state index contributed by atoms with van der Waals surface area (Å²) in [5, 5.41) is 8.87. The maximum Gasteiger partial charge on any atom is 0.371 e. The average molecular weight is 380 g/mol. The number of aromatic carboxylic acids is 1. The lowest BCUT2D eigenvalue weighted by Crippen LogP contribution is -2.38. The number of hydrogen-bond acceptors (Lipinski definition) is 4. The van der Waals surface area contributed by atoms with Gasteiger partial charge >= 0.3 is 5.97 Å². The van der Waals surface area contributed by atoms with Crippen molar-refractivity contribution in [1.29, 1.82) is 0 Å². The molecule has 1 aliphatic rings. The highest BCUT2D eigenvalue weighted by atomic mass is 79.9. The number of carbonyl (C=O) groups is 1. The Balaban J connectivity index is 2.18. The molecule has 118 valence electrons. The summed E-state index contributed by atoms with van der Waals surface area (Å²) in [7, 11) is -3.71. The van der Waals surface area contributed by atoms with E-state index in [0.717, 1.165) is 31.7 Å². The molecule has 0 radical (unpaired) electrons. The van der Waals surface area contributed by atoms with Gasteiger partial charge in [0.2, 0.25) is 15.8 Å². The van der Waals surface area contributed by atoms with Crippen LogP contribution in [-0.2, 0) is 10.0 Å². The minimum Gasteiger partial charge on any atom is -0.475 e. The predicted molar refractivity (Wildman–Crippen MR) is 79.8 cm³/mol. The first-order valence-electron chi connectivity index (χ1n) is 6.89. The fraction of sp³-hybridized carbons (Fsp3) is 0.615. The molecule has 1 saturated heterocycles. The molecule has 0 aromatic carbocycles. The Labute approximate surface area is 132 Å². The Bertz CT molecular complexity index is 617. The third-order valence-electron chi connectivity index (χ3n) is 3.75. The zero-order valence-corrected chi connectivity index (χ0v) is 14.1. The molecule has 1 aliphatic heterocycles. The van der Waals surface area contributed by atoms with Crippen molar-refractivity contribution in [2.45, 2.75) is 37.5 Å². The number of furan rings is 1. The summed E-state index contributed by atoms with van der Waals surface area (Å²) in [6.07, 6.45) is 3.90. The van der Waals surface area contributed by atoms with Gasteiger partial charge in [-0.25, -0.2) is 13.2 Å². The van der Waals surface area contributed by atoms with Crippen LogP contribution in [0.2, 0.25) is 0 Å². The van der Waals surface area contributed by atoms with Crippen molar-refractivity contribution in [1.82, 2.24) is 4.31 Å². The number of carboxylic acid groups (broad SMARTS) is 1. The molecule has 6 nitrogen and oxygen atoms in total. The first kappa shape index (κ1) is 16.5. The molecule has 1 fully saturated rings. The lowest BCUT2D eigenvalue weighted by molar-refractivity contribution is 0.0661. The number of sulfonamides is 1. The van der Waals surface area contributed by atoms with E-state index in [4.69, 9.17) is 9.52 Å². The smallest absolute Gasteiger partial charge is 0.371 e. The van der Waals surface area contributed by atoms with Gasteiger partial charge in [-0.1, -0.05) is 19.8 Å². The second-order valence-electron chi connectivity index (χ2n) is 5.19. The first-order chi connectivity index (χ1) is 9.86. The van der Waals surface area contributed by atoms with Crippen molar-refractivity contribution in [3.8, 4) is 0 Å². The molecule has 2 heterocycles. The van der Waals surface area contributed by atoms with Gasteiger partial charge in [-0.2, -0.15) is 4.31 Å². The van der Waals surface area contributed by atoms with Gasteiger partial charge in [0.15, 0.2) is 4.67 Å². The van der Waals surface area contributed by atoms with Crippen molar-refractivity contribution in [2.75, 3.05) is 13.1 Å². The van der Waals surface area contributed by atoms with Crippen molar-refractivity contribution in [2.24, 2.45) is 5.92 Å². The number of piperidine rings is 1. The normalized spacial score (nSPS) is 18.0. The van der Waals surface area contributed by atoms with E-state index >= 15 is 0 Å². The molecule has 0 spiro atoms. The minimum absolute atomic E-state index is 0.0596. The van der Waals surface area contributed by atoms with E-state index in [1.807, 2.05) is 0 Å². The van der Waals surface area contributed by atoms with Gasteiger partial charge in [-0.15, -0.1) is 0 Å². The summed E-state index contributed by atoms with van der Waals surface area (Å²) in [5.74, 6) is -1.11. The number of nitrogens with zero attached hydrogens (tertiary/aromatic N) is 1. The quantitative estimate of drug-likeness (QED) is 0.849. The van der Waals surface area contributed by atoms with Crippen molar-refractivity contribution in [3.63, 3.8) is 0 Å². The van der Waals surface area contributed by atoms with Crippen LogP contribution in [-0.4, -0.2) is 36.9 Å². The maximum atomic E-state index is 12.6. The second-order valence-corrected chi connectivity index (χ2v) is 7.82. The van der Waals surface area contributed by atoms with Crippen molar-refractivity contribution < 1.29 is 22.7 Å². The summed E-state index contributed by atoms with van der Waals surface area (Å²) in [4.78, 5) is 10.7. The molecule has 0 bridgehead atoms. The molecule has 1 N–H and O–H groups in total. The zero-order valence-electron chi connectivity index (χ0n) is 11.7. The van der Waals surface area contributed by atoms with Gasteiger partial charge in [0.25, 0.3) is 0 Å². The molecular weight excluding hydrogens is 362 g/mol. The van der Waals surface area contributed by atoms with Crippen LogP contribution < -0.4 is 0 Å². The Morgan fingerprint density at radius 1 is 1.48 bits per heavy atom. The van der Waals surface area contributed by atoms with E-state index in [0.29, 0.717) is 19.0 Å². The zero-order chi connectivity index (χ0) is 15.6. The van der Waals surface area contributed by atoms with Gasteiger partial charge in [0, 0.05) is 19.2 Å². The molecule has 0 saturated carbocycles. The lowest BCUT2D eigenvalue weighted by Gasteiger charge is -2.30. The largest absolute Gasteiger partial charge is 0.475 e. The number of rotatable bonds is 5. The third kappa shape index (κ3) is 3.49. The van der Waals surface area contributed by atoms with Gasteiger partial charge in [-0.05, 0) is 34.7 Å². The van der Waals surface area contributed by atoms with Gasteiger partial charge in [0.1, 0.15) is 4.90 Å². The molecular formula is C13H18BrNO5S. The first-order valence-corrected chi connectivity index (χ1v) is 9.12. The van der Waals surface area contributed by atoms with E-state index < -0.39 is 16.0 Å². The van der Waals surface area contributed by atoms with Crippen LogP contribution in [0.25, 0.3) is 0 Å². The third-order valence-corrected chi connectivity index (χ3v) is 6.51. The molecule has 2 rings (SSSR count). The summed E-state index contributed by atoms with van der Waals surface area (Å²) in [5.41, 5.74) is 0. The van der Waals surface area contributed by atoms with Crippen LogP contribution in [0.4, 0.5) is 0 Å².